The van der Waals surface area contributed by atoms with Crippen molar-refractivity contribution in [1.29, 1.82) is 0 Å². The number of rotatable bonds is 4. The Labute approximate surface area is 90.2 Å². The maximum absolute atomic E-state index is 10.2. The van der Waals surface area contributed by atoms with E-state index < -0.39 is 5.97 Å². The van der Waals surface area contributed by atoms with Gasteiger partial charge in [-0.05, 0) is 18.8 Å². The molecule has 2 N–H and O–H groups in total. The van der Waals surface area contributed by atoms with Crippen molar-refractivity contribution in [2.75, 3.05) is 0 Å². The van der Waals surface area contributed by atoms with Crippen molar-refractivity contribution in [1.82, 2.24) is 0 Å². The van der Waals surface area contributed by atoms with Crippen molar-refractivity contribution in [2.45, 2.75) is 51.4 Å². The molecule has 84 valence electrons. The van der Waals surface area contributed by atoms with Crippen LogP contribution < -0.4 is 0 Å². The van der Waals surface area contributed by atoms with Gasteiger partial charge in [-0.3, -0.25) is 9.45 Å². The summed E-state index contributed by atoms with van der Waals surface area (Å²) in [7, 11) is 0. The van der Waals surface area contributed by atoms with Crippen LogP contribution in [0.5, 0.6) is 0 Å². The summed E-state index contributed by atoms with van der Waals surface area (Å²) in [5, 5.41) is 8.44. The van der Waals surface area contributed by atoms with E-state index in [4.69, 9.17) is 9.77 Å². The van der Waals surface area contributed by atoms with Crippen LogP contribution in [0.3, 0.4) is 0 Å². The lowest BCUT2D eigenvalue weighted by molar-refractivity contribution is -0.137. The first-order chi connectivity index (χ1) is 6.79. The SMILES string of the molecule is O=C(O)CCCC1CCCCC1.OCl. The molecule has 1 aliphatic carbocycles. The van der Waals surface area contributed by atoms with Crippen LogP contribution in [-0.2, 0) is 4.79 Å². The first-order valence-corrected chi connectivity index (χ1v) is 5.51. The molecule has 0 saturated heterocycles. The van der Waals surface area contributed by atoms with Crippen LogP contribution in [0.4, 0.5) is 0 Å². The molecule has 4 heteroatoms. The van der Waals surface area contributed by atoms with E-state index in [1.165, 1.54) is 32.1 Å². The van der Waals surface area contributed by atoms with Gasteiger partial charge < -0.3 is 5.11 Å². The molecule has 1 saturated carbocycles. The van der Waals surface area contributed by atoms with E-state index in [0.29, 0.717) is 6.42 Å². The smallest absolute Gasteiger partial charge is 0.303 e. The minimum atomic E-state index is -0.647. The predicted octanol–water partition coefficient (Wildman–Crippen LogP) is 2.95. The molecule has 0 aromatic heterocycles. The number of carboxylic acid groups (broad SMARTS) is 1. The summed E-state index contributed by atoms with van der Waals surface area (Å²) >= 11 is 3.64. The normalized spacial score (nSPS) is 17.0. The quantitative estimate of drug-likeness (QED) is 0.769. The maximum atomic E-state index is 10.2. The summed E-state index contributed by atoms with van der Waals surface area (Å²) in [5.41, 5.74) is 0. The van der Waals surface area contributed by atoms with Gasteiger partial charge in [-0.2, -0.15) is 0 Å². The highest BCUT2D eigenvalue weighted by molar-refractivity contribution is 6.04. The van der Waals surface area contributed by atoms with Gasteiger partial charge in [0.1, 0.15) is 0 Å². The van der Waals surface area contributed by atoms with Gasteiger partial charge in [0.05, 0.1) is 11.9 Å². The number of carboxylic acids is 1. The van der Waals surface area contributed by atoms with Gasteiger partial charge in [0.2, 0.25) is 0 Å². The van der Waals surface area contributed by atoms with Crippen molar-refractivity contribution in [3.63, 3.8) is 0 Å². The largest absolute Gasteiger partial charge is 0.481 e. The average molecular weight is 223 g/mol. The van der Waals surface area contributed by atoms with Gasteiger partial charge in [0.25, 0.3) is 0 Å². The maximum Gasteiger partial charge on any atom is 0.303 e. The summed E-state index contributed by atoms with van der Waals surface area (Å²) in [6, 6.07) is 0. The summed E-state index contributed by atoms with van der Waals surface area (Å²) in [6.07, 6.45) is 9.13. The highest BCUT2D eigenvalue weighted by Crippen LogP contribution is 2.27. The van der Waals surface area contributed by atoms with Crippen LogP contribution in [0, 0.1) is 5.92 Å². The van der Waals surface area contributed by atoms with Gasteiger partial charge in [-0.25, -0.2) is 0 Å². The third kappa shape index (κ3) is 7.15. The van der Waals surface area contributed by atoms with Crippen molar-refractivity contribution in [2.24, 2.45) is 5.92 Å². The topological polar surface area (TPSA) is 57.5 Å². The zero-order valence-electron chi connectivity index (χ0n) is 8.41. The van der Waals surface area contributed by atoms with Crippen LogP contribution in [0.1, 0.15) is 51.4 Å². The van der Waals surface area contributed by atoms with Crippen LogP contribution in [0.25, 0.3) is 0 Å². The second-order valence-electron chi connectivity index (χ2n) is 3.79. The average Bonchev–Trinajstić information content (AvgIpc) is 2.22. The Balaban J connectivity index is 0.000000791. The first-order valence-electron chi connectivity index (χ1n) is 5.18. The molecule has 3 nitrogen and oxygen atoms in total. The molecule has 1 aliphatic rings. The number of halogens is 1. The predicted molar refractivity (Wildman–Crippen MR) is 56.1 cm³/mol. The minimum absolute atomic E-state index is 0.358. The molecule has 0 aromatic carbocycles. The van der Waals surface area contributed by atoms with Gasteiger partial charge in [0, 0.05) is 6.42 Å². The lowest BCUT2D eigenvalue weighted by Crippen LogP contribution is -2.06. The zero-order chi connectivity index (χ0) is 10.8. The van der Waals surface area contributed by atoms with Crippen LogP contribution in [0.2, 0.25) is 0 Å². The van der Waals surface area contributed by atoms with Gasteiger partial charge >= 0.3 is 5.97 Å². The Morgan fingerprint density at radius 1 is 1.21 bits per heavy atom. The highest BCUT2D eigenvalue weighted by atomic mass is 35.5. The van der Waals surface area contributed by atoms with E-state index in [2.05, 4.69) is 11.9 Å². The van der Waals surface area contributed by atoms with E-state index in [-0.39, 0.29) is 0 Å². The summed E-state index contributed by atoms with van der Waals surface area (Å²) in [6.45, 7) is 0. The number of aliphatic carboxylic acids is 1. The molecule has 0 bridgehead atoms. The molecule has 14 heavy (non-hydrogen) atoms. The molecule has 0 amide bonds. The number of hydrogen-bond donors (Lipinski definition) is 2. The van der Waals surface area contributed by atoms with Gasteiger partial charge in [-0.15, -0.1) is 0 Å². The Hall–Kier alpha value is -0.280. The van der Waals surface area contributed by atoms with Crippen LogP contribution in [0.15, 0.2) is 0 Å². The molecule has 0 atom stereocenters. The number of carbonyl (C=O) groups is 1. The number of hydrogen-bond acceptors (Lipinski definition) is 2. The van der Waals surface area contributed by atoms with Crippen LogP contribution in [-0.4, -0.2) is 15.7 Å². The molecule has 1 fully saturated rings. The van der Waals surface area contributed by atoms with E-state index >= 15 is 0 Å². The van der Waals surface area contributed by atoms with E-state index in [0.717, 1.165) is 18.8 Å². The molecule has 0 radical (unpaired) electrons. The Morgan fingerprint density at radius 2 is 1.79 bits per heavy atom. The van der Waals surface area contributed by atoms with Gasteiger partial charge in [-0.1, -0.05) is 32.1 Å². The molecule has 0 unspecified atom stereocenters. The minimum Gasteiger partial charge on any atom is -0.481 e. The summed E-state index contributed by atoms with van der Waals surface area (Å²) < 4.78 is 6.47. The van der Waals surface area contributed by atoms with Crippen molar-refractivity contribution < 1.29 is 14.6 Å². The molecular weight excluding hydrogens is 204 g/mol. The molecule has 0 heterocycles. The second-order valence-corrected chi connectivity index (χ2v) is 3.79. The highest BCUT2D eigenvalue weighted by Gasteiger charge is 2.12. The summed E-state index contributed by atoms with van der Waals surface area (Å²) in [4.78, 5) is 10.2. The fourth-order valence-electron chi connectivity index (χ4n) is 2.02. The summed E-state index contributed by atoms with van der Waals surface area (Å²) in [5.74, 6) is 0.184. The molecule has 0 spiro atoms. The molecular formula is C10H19ClO3. The van der Waals surface area contributed by atoms with Gasteiger partial charge in [0.15, 0.2) is 0 Å². The Morgan fingerprint density at radius 3 is 2.29 bits per heavy atom. The fourth-order valence-corrected chi connectivity index (χ4v) is 2.02. The molecule has 1 rings (SSSR count). The van der Waals surface area contributed by atoms with E-state index in [9.17, 15) is 4.79 Å². The van der Waals surface area contributed by atoms with Crippen molar-refractivity contribution in [3.8, 4) is 0 Å². The third-order valence-electron chi connectivity index (χ3n) is 2.73. The zero-order valence-corrected chi connectivity index (χ0v) is 9.17. The van der Waals surface area contributed by atoms with Crippen molar-refractivity contribution >= 4 is 17.8 Å². The van der Waals surface area contributed by atoms with E-state index in [1.54, 1.807) is 0 Å². The van der Waals surface area contributed by atoms with E-state index in [1.807, 2.05) is 0 Å². The second kappa shape index (κ2) is 9.28. The first kappa shape index (κ1) is 13.7. The monoisotopic (exact) mass is 222 g/mol. The lowest BCUT2D eigenvalue weighted by Gasteiger charge is -2.20. The van der Waals surface area contributed by atoms with Crippen molar-refractivity contribution in [3.05, 3.63) is 0 Å². The fraction of sp³-hybridized carbons (Fsp3) is 0.900. The Kier molecular flexibility index (Phi) is 9.10. The third-order valence-corrected chi connectivity index (χ3v) is 2.73. The molecule has 0 aromatic rings. The Bertz CT molecular complexity index is 144. The molecule has 0 aliphatic heterocycles. The lowest BCUT2D eigenvalue weighted by atomic mass is 9.86. The standard InChI is InChI=1S/C10H18O2.ClHO/c11-10(12)8-4-7-9-5-2-1-3-6-9;1-2/h9H,1-8H2,(H,11,12);2H. The van der Waals surface area contributed by atoms with Crippen LogP contribution >= 0.6 is 11.9 Å².